The lowest BCUT2D eigenvalue weighted by molar-refractivity contribution is -0.137. The first-order chi connectivity index (χ1) is 10.7. The van der Waals surface area contributed by atoms with Gasteiger partial charge in [-0.05, 0) is 60.4 Å². The molecule has 0 bridgehead atoms. The van der Waals surface area contributed by atoms with Crippen LogP contribution in [0, 0.1) is 6.92 Å². The standard InChI is InChI=1S/C18H17F3O2/c1-11(2)16-9-8-15(10-12(16)3)23-17(22)13-4-6-14(7-5-13)18(19,20)21/h4-11H,1-3H3. The Kier molecular flexibility index (Phi) is 4.78. The van der Waals surface area contributed by atoms with Crippen molar-refractivity contribution in [3.63, 3.8) is 0 Å². The number of carbonyl (C=O) groups is 1. The number of hydrogen-bond acceptors (Lipinski definition) is 2. The topological polar surface area (TPSA) is 26.3 Å². The summed E-state index contributed by atoms with van der Waals surface area (Å²) in [5.74, 6) is 0.0434. The average molecular weight is 322 g/mol. The molecule has 0 aliphatic carbocycles. The van der Waals surface area contributed by atoms with E-state index in [4.69, 9.17) is 4.74 Å². The van der Waals surface area contributed by atoms with Crippen LogP contribution in [0.4, 0.5) is 13.2 Å². The second-order valence-electron chi connectivity index (χ2n) is 5.64. The van der Waals surface area contributed by atoms with E-state index in [-0.39, 0.29) is 5.56 Å². The number of benzene rings is 2. The normalized spacial score (nSPS) is 11.6. The third-order valence-electron chi connectivity index (χ3n) is 3.52. The molecule has 0 heterocycles. The van der Waals surface area contributed by atoms with Crippen LogP contribution in [0.5, 0.6) is 5.75 Å². The van der Waals surface area contributed by atoms with Crippen molar-refractivity contribution in [2.24, 2.45) is 0 Å². The molecule has 5 heteroatoms. The van der Waals surface area contributed by atoms with Crippen molar-refractivity contribution >= 4 is 5.97 Å². The van der Waals surface area contributed by atoms with Crippen LogP contribution in [0.3, 0.4) is 0 Å². The van der Waals surface area contributed by atoms with Gasteiger partial charge in [0.1, 0.15) is 5.75 Å². The van der Waals surface area contributed by atoms with Crippen molar-refractivity contribution in [2.75, 3.05) is 0 Å². The van der Waals surface area contributed by atoms with Gasteiger partial charge in [-0.3, -0.25) is 0 Å². The molecule has 23 heavy (non-hydrogen) atoms. The minimum atomic E-state index is -4.42. The SMILES string of the molecule is Cc1cc(OC(=O)c2ccc(C(F)(F)F)cc2)ccc1C(C)C. The molecule has 0 amide bonds. The highest BCUT2D eigenvalue weighted by atomic mass is 19.4. The van der Waals surface area contributed by atoms with Crippen LogP contribution in [-0.2, 0) is 6.18 Å². The van der Waals surface area contributed by atoms with Crippen molar-refractivity contribution < 1.29 is 22.7 Å². The summed E-state index contributed by atoms with van der Waals surface area (Å²) in [6.45, 7) is 6.05. The first-order valence-corrected chi connectivity index (χ1v) is 7.18. The van der Waals surface area contributed by atoms with E-state index in [1.54, 1.807) is 12.1 Å². The van der Waals surface area contributed by atoms with Gasteiger partial charge in [-0.15, -0.1) is 0 Å². The first-order valence-electron chi connectivity index (χ1n) is 7.18. The summed E-state index contributed by atoms with van der Waals surface area (Å²) in [5, 5.41) is 0. The maximum atomic E-state index is 12.5. The number of rotatable bonds is 3. The number of alkyl halides is 3. The number of aryl methyl sites for hydroxylation is 1. The quantitative estimate of drug-likeness (QED) is 0.562. The first kappa shape index (κ1) is 17.1. The number of ether oxygens (including phenoxy) is 1. The Morgan fingerprint density at radius 2 is 1.65 bits per heavy atom. The highest BCUT2D eigenvalue weighted by molar-refractivity contribution is 5.91. The Morgan fingerprint density at radius 3 is 2.13 bits per heavy atom. The fraction of sp³-hybridized carbons (Fsp3) is 0.278. The van der Waals surface area contributed by atoms with Crippen LogP contribution >= 0.6 is 0 Å². The highest BCUT2D eigenvalue weighted by Gasteiger charge is 2.30. The Balaban J connectivity index is 2.14. The molecule has 2 aromatic rings. The molecule has 0 aromatic heterocycles. The van der Waals surface area contributed by atoms with Crippen LogP contribution in [0.15, 0.2) is 42.5 Å². The summed E-state index contributed by atoms with van der Waals surface area (Å²) >= 11 is 0. The lowest BCUT2D eigenvalue weighted by Crippen LogP contribution is -2.10. The van der Waals surface area contributed by atoms with Gasteiger partial charge in [-0.25, -0.2) is 4.79 Å². The third-order valence-corrected chi connectivity index (χ3v) is 3.52. The lowest BCUT2D eigenvalue weighted by atomic mass is 9.98. The largest absolute Gasteiger partial charge is 0.423 e. The molecule has 2 nitrogen and oxygen atoms in total. The number of carbonyl (C=O) groups excluding carboxylic acids is 1. The second-order valence-corrected chi connectivity index (χ2v) is 5.64. The van der Waals surface area contributed by atoms with Crippen LogP contribution in [0.1, 0.15) is 46.8 Å². The van der Waals surface area contributed by atoms with Gasteiger partial charge < -0.3 is 4.74 Å². The number of halogens is 3. The van der Waals surface area contributed by atoms with Gasteiger partial charge in [0, 0.05) is 0 Å². The fourth-order valence-corrected chi connectivity index (χ4v) is 2.32. The van der Waals surface area contributed by atoms with Gasteiger partial charge in [0.05, 0.1) is 11.1 Å². The van der Waals surface area contributed by atoms with Gasteiger partial charge in [0.2, 0.25) is 0 Å². The molecule has 0 spiro atoms. The Hall–Kier alpha value is -2.30. The molecule has 0 saturated heterocycles. The molecule has 0 fully saturated rings. The summed E-state index contributed by atoms with van der Waals surface area (Å²) in [4.78, 5) is 12.0. The smallest absolute Gasteiger partial charge is 0.416 e. The maximum Gasteiger partial charge on any atom is 0.416 e. The van der Waals surface area contributed by atoms with Gasteiger partial charge in [0.15, 0.2) is 0 Å². The van der Waals surface area contributed by atoms with Crippen molar-refractivity contribution in [1.82, 2.24) is 0 Å². The summed E-state index contributed by atoms with van der Waals surface area (Å²) in [6.07, 6.45) is -4.42. The summed E-state index contributed by atoms with van der Waals surface area (Å²) in [7, 11) is 0. The average Bonchev–Trinajstić information content (AvgIpc) is 2.46. The lowest BCUT2D eigenvalue weighted by Gasteiger charge is -2.12. The van der Waals surface area contributed by atoms with E-state index >= 15 is 0 Å². The Morgan fingerprint density at radius 1 is 1.04 bits per heavy atom. The minimum absolute atomic E-state index is 0.0728. The van der Waals surface area contributed by atoms with Crippen molar-refractivity contribution in [3.8, 4) is 5.75 Å². The van der Waals surface area contributed by atoms with Crippen molar-refractivity contribution in [1.29, 1.82) is 0 Å². The zero-order valence-electron chi connectivity index (χ0n) is 13.1. The van der Waals surface area contributed by atoms with E-state index in [1.807, 2.05) is 13.0 Å². The summed E-state index contributed by atoms with van der Waals surface area (Å²) in [5.41, 5.74) is 1.42. The van der Waals surface area contributed by atoms with E-state index in [1.165, 1.54) is 0 Å². The fourth-order valence-electron chi connectivity index (χ4n) is 2.32. The Bertz CT molecular complexity index is 701. The molecule has 0 aliphatic heterocycles. The number of esters is 1. The third kappa shape index (κ3) is 4.12. The molecule has 122 valence electrons. The molecule has 0 radical (unpaired) electrons. The maximum absolute atomic E-state index is 12.5. The number of hydrogen-bond donors (Lipinski definition) is 0. The Labute approximate surface area is 132 Å². The van der Waals surface area contributed by atoms with Crippen molar-refractivity contribution in [3.05, 3.63) is 64.7 Å². The van der Waals surface area contributed by atoms with E-state index in [0.29, 0.717) is 11.7 Å². The highest BCUT2D eigenvalue weighted by Crippen LogP contribution is 2.29. The molecule has 0 atom stereocenters. The second kappa shape index (κ2) is 6.44. The summed E-state index contributed by atoms with van der Waals surface area (Å²) < 4.78 is 42.7. The molecule has 0 N–H and O–H groups in total. The molecular formula is C18H17F3O2. The predicted molar refractivity (Wildman–Crippen MR) is 81.7 cm³/mol. The molecule has 0 aliphatic rings. The van der Waals surface area contributed by atoms with Crippen molar-refractivity contribution in [2.45, 2.75) is 32.9 Å². The molecule has 0 unspecified atom stereocenters. The predicted octanol–water partition coefficient (Wildman–Crippen LogP) is 5.36. The van der Waals surface area contributed by atoms with Gasteiger partial charge in [-0.2, -0.15) is 13.2 Å². The summed E-state index contributed by atoms with van der Waals surface area (Å²) in [6, 6.07) is 9.27. The zero-order valence-corrected chi connectivity index (χ0v) is 13.1. The van der Waals surface area contributed by atoms with Gasteiger partial charge >= 0.3 is 12.1 Å². The van der Waals surface area contributed by atoms with E-state index in [2.05, 4.69) is 13.8 Å². The van der Waals surface area contributed by atoms with Gasteiger partial charge in [0.25, 0.3) is 0 Å². The van der Waals surface area contributed by atoms with Crippen LogP contribution in [0.2, 0.25) is 0 Å². The van der Waals surface area contributed by atoms with Crippen LogP contribution in [-0.4, -0.2) is 5.97 Å². The van der Waals surface area contributed by atoms with E-state index < -0.39 is 17.7 Å². The van der Waals surface area contributed by atoms with E-state index in [9.17, 15) is 18.0 Å². The molecule has 2 rings (SSSR count). The molecule has 0 saturated carbocycles. The molecule has 2 aromatic carbocycles. The van der Waals surface area contributed by atoms with Crippen LogP contribution < -0.4 is 4.74 Å². The van der Waals surface area contributed by atoms with E-state index in [0.717, 1.165) is 35.4 Å². The monoisotopic (exact) mass is 322 g/mol. The molecular weight excluding hydrogens is 305 g/mol. The van der Waals surface area contributed by atoms with Gasteiger partial charge in [-0.1, -0.05) is 19.9 Å². The minimum Gasteiger partial charge on any atom is -0.423 e. The van der Waals surface area contributed by atoms with Crippen LogP contribution in [0.25, 0.3) is 0 Å². The zero-order chi connectivity index (χ0) is 17.2.